The van der Waals surface area contributed by atoms with Crippen LogP contribution < -0.4 is 5.43 Å². The number of aryl methyl sites for hydroxylation is 1. The second kappa shape index (κ2) is 5.88. The van der Waals surface area contributed by atoms with Gasteiger partial charge in [0.05, 0.1) is 6.21 Å². The van der Waals surface area contributed by atoms with Crippen LogP contribution in [0.3, 0.4) is 0 Å². The quantitative estimate of drug-likeness (QED) is 0.590. The molecule has 0 spiro atoms. The Morgan fingerprint density at radius 3 is 2.55 bits per heavy atom. The monoisotopic (exact) mass is 270 g/mol. The molecule has 5 nitrogen and oxygen atoms in total. The van der Waals surface area contributed by atoms with E-state index in [4.69, 9.17) is 0 Å². The fourth-order valence-corrected chi connectivity index (χ4v) is 1.74. The number of nitrogens with one attached hydrogen (secondary N) is 1. The Labute approximate surface area is 116 Å². The van der Waals surface area contributed by atoms with Crippen LogP contribution in [0.2, 0.25) is 0 Å². The molecule has 0 fully saturated rings. The molecule has 2 aromatic carbocycles. The van der Waals surface area contributed by atoms with Crippen molar-refractivity contribution in [2.75, 3.05) is 0 Å². The minimum atomic E-state index is -0.335. The van der Waals surface area contributed by atoms with Crippen molar-refractivity contribution in [3.05, 3.63) is 59.2 Å². The summed E-state index contributed by atoms with van der Waals surface area (Å²) in [6.07, 6.45) is 1.34. The number of rotatable bonds is 3. The third-order valence-corrected chi connectivity index (χ3v) is 2.75. The molecule has 2 rings (SSSR count). The summed E-state index contributed by atoms with van der Waals surface area (Å²) < 4.78 is 0. The molecule has 0 saturated carbocycles. The van der Waals surface area contributed by atoms with Crippen LogP contribution in [-0.2, 0) is 0 Å². The van der Waals surface area contributed by atoms with Crippen molar-refractivity contribution in [3.8, 4) is 11.5 Å². The minimum absolute atomic E-state index is 0.0227. The highest BCUT2D eigenvalue weighted by atomic mass is 16.3. The highest BCUT2D eigenvalue weighted by Crippen LogP contribution is 2.24. The van der Waals surface area contributed by atoms with E-state index < -0.39 is 0 Å². The van der Waals surface area contributed by atoms with Crippen LogP contribution in [0.25, 0.3) is 0 Å². The molecule has 102 valence electrons. The largest absolute Gasteiger partial charge is 0.508 e. The molecular weight excluding hydrogens is 256 g/mol. The smallest absolute Gasteiger partial charge is 0.271 e. The first-order chi connectivity index (χ1) is 9.58. The standard InChI is InChI=1S/C15H14N2O3/c1-10-7-12(18)8-14(19)13(10)9-16-17-15(20)11-5-3-2-4-6-11/h2-9,18-19H,1H3,(H,17,20)/b16-9-. The number of phenolic OH excluding ortho intramolecular Hbond substituents is 2. The van der Waals surface area contributed by atoms with Gasteiger partial charge in [-0.3, -0.25) is 4.79 Å². The van der Waals surface area contributed by atoms with Gasteiger partial charge in [-0.2, -0.15) is 5.10 Å². The molecule has 1 amide bonds. The van der Waals surface area contributed by atoms with Gasteiger partial charge in [0.25, 0.3) is 5.91 Å². The van der Waals surface area contributed by atoms with Crippen LogP contribution in [0.4, 0.5) is 0 Å². The average molecular weight is 270 g/mol. The van der Waals surface area contributed by atoms with Gasteiger partial charge in [0.2, 0.25) is 0 Å². The van der Waals surface area contributed by atoms with Gasteiger partial charge < -0.3 is 10.2 Å². The molecule has 0 atom stereocenters. The molecule has 5 heteroatoms. The predicted molar refractivity (Wildman–Crippen MR) is 76.0 cm³/mol. The molecule has 0 bridgehead atoms. The normalized spacial score (nSPS) is 10.7. The molecule has 0 heterocycles. The summed E-state index contributed by atoms with van der Waals surface area (Å²) in [6.45, 7) is 1.72. The molecule has 0 aliphatic rings. The number of nitrogens with zero attached hydrogens (tertiary/aromatic N) is 1. The van der Waals surface area contributed by atoms with Crippen LogP contribution in [0.5, 0.6) is 11.5 Å². The summed E-state index contributed by atoms with van der Waals surface area (Å²) >= 11 is 0. The van der Waals surface area contributed by atoms with E-state index in [1.54, 1.807) is 31.2 Å². The Morgan fingerprint density at radius 1 is 1.20 bits per heavy atom. The van der Waals surface area contributed by atoms with Crippen molar-refractivity contribution in [2.45, 2.75) is 6.92 Å². The number of hydrogen-bond acceptors (Lipinski definition) is 4. The maximum Gasteiger partial charge on any atom is 0.271 e. The number of carbonyl (C=O) groups is 1. The van der Waals surface area contributed by atoms with Crippen molar-refractivity contribution in [1.82, 2.24) is 5.43 Å². The fraction of sp³-hybridized carbons (Fsp3) is 0.0667. The lowest BCUT2D eigenvalue weighted by atomic mass is 10.1. The lowest BCUT2D eigenvalue weighted by Gasteiger charge is -2.04. The van der Waals surface area contributed by atoms with Crippen LogP contribution in [0.15, 0.2) is 47.6 Å². The Hall–Kier alpha value is -2.82. The first-order valence-electron chi connectivity index (χ1n) is 5.99. The van der Waals surface area contributed by atoms with Gasteiger partial charge in [-0.1, -0.05) is 18.2 Å². The summed E-state index contributed by atoms with van der Waals surface area (Å²) in [5.74, 6) is -0.455. The molecule has 0 aliphatic carbocycles. The van der Waals surface area contributed by atoms with E-state index in [-0.39, 0.29) is 17.4 Å². The second-order valence-corrected chi connectivity index (χ2v) is 4.26. The number of carbonyl (C=O) groups excluding carboxylic acids is 1. The molecule has 0 aromatic heterocycles. The number of benzene rings is 2. The number of phenols is 2. The lowest BCUT2D eigenvalue weighted by Crippen LogP contribution is -2.17. The maximum absolute atomic E-state index is 11.7. The average Bonchev–Trinajstić information content (AvgIpc) is 2.42. The third kappa shape index (κ3) is 3.14. The van der Waals surface area contributed by atoms with Crippen molar-refractivity contribution in [2.24, 2.45) is 5.10 Å². The molecule has 0 unspecified atom stereocenters. The SMILES string of the molecule is Cc1cc(O)cc(O)c1/C=N\NC(=O)c1ccccc1. The molecule has 2 aromatic rings. The summed E-state index contributed by atoms with van der Waals surface area (Å²) in [5, 5.41) is 22.8. The zero-order chi connectivity index (χ0) is 14.5. The van der Waals surface area contributed by atoms with E-state index in [1.165, 1.54) is 18.3 Å². The zero-order valence-electron chi connectivity index (χ0n) is 10.9. The Balaban J connectivity index is 2.10. The Kier molecular flexibility index (Phi) is 4.00. The maximum atomic E-state index is 11.7. The van der Waals surface area contributed by atoms with Gasteiger partial charge in [-0.15, -0.1) is 0 Å². The van der Waals surface area contributed by atoms with Gasteiger partial charge >= 0.3 is 0 Å². The van der Waals surface area contributed by atoms with Crippen molar-refractivity contribution >= 4 is 12.1 Å². The second-order valence-electron chi connectivity index (χ2n) is 4.26. The number of amides is 1. The van der Waals surface area contributed by atoms with E-state index in [0.29, 0.717) is 16.7 Å². The van der Waals surface area contributed by atoms with Crippen LogP contribution in [0.1, 0.15) is 21.5 Å². The highest BCUT2D eigenvalue weighted by molar-refractivity contribution is 5.95. The van der Waals surface area contributed by atoms with Gasteiger partial charge in [0.1, 0.15) is 11.5 Å². The first-order valence-corrected chi connectivity index (χ1v) is 5.99. The molecule has 0 radical (unpaired) electrons. The van der Waals surface area contributed by atoms with E-state index in [9.17, 15) is 15.0 Å². The van der Waals surface area contributed by atoms with Crippen LogP contribution in [0, 0.1) is 6.92 Å². The zero-order valence-corrected chi connectivity index (χ0v) is 10.9. The Morgan fingerprint density at radius 2 is 1.90 bits per heavy atom. The number of hydrogen-bond donors (Lipinski definition) is 3. The van der Waals surface area contributed by atoms with E-state index in [0.717, 1.165) is 0 Å². The van der Waals surface area contributed by atoms with Crippen molar-refractivity contribution < 1.29 is 15.0 Å². The van der Waals surface area contributed by atoms with Crippen molar-refractivity contribution in [3.63, 3.8) is 0 Å². The fourth-order valence-electron chi connectivity index (χ4n) is 1.74. The molecular formula is C15H14N2O3. The van der Waals surface area contributed by atoms with E-state index >= 15 is 0 Å². The minimum Gasteiger partial charge on any atom is -0.508 e. The predicted octanol–water partition coefficient (Wildman–Crippen LogP) is 2.17. The van der Waals surface area contributed by atoms with Crippen LogP contribution >= 0.6 is 0 Å². The molecule has 0 saturated heterocycles. The van der Waals surface area contributed by atoms with Gasteiger partial charge in [-0.05, 0) is 30.7 Å². The first kappa shape index (κ1) is 13.6. The third-order valence-electron chi connectivity index (χ3n) is 2.75. The summed E-state index contributed by atoms with van der Waals surface area (Å²) in [4.78, 5) is 11.7. The summed E-state index contributed by atoms with van der Waals surface area (Å²) in [6, 6.07) is 11.4. The molecule has 0 aliphatic heterocycles. The number of aromatic hydroxyl groups is 2. The summed E-state index contributed by atoms with van der Waals surface area (Å²) in [5.41, 5.74) is 3.96. The van der Waals surface area contributed by atoms with Gasteiger partial charge in [-0.25, -0.2) is 5.43 Å². The Bertz CT molecular complexity index is 628. The molecule has 3 N–H and O–H groups in total. The summed E-state index contributed by atoms with van der Waals surface area (Å²) in [7, 11) is 0. The van der Waals surface area contributed by atoms with Crippen molar-refractivity contribution in [1.29, 1.82) is 0 Å². The van der Waals surface area contributed by atoms with E-state index in [2.05, 4.69) is 10.5 Å². The van der Waals surface area contributed by atoms with Gasteiger partial charge in [0.15, 0.2) is 0 Å². The van der Waals surface area contributed by atoms with Crippen LogP contribution in [-0.4, -0.2) is 22.3 Å². The van der Waals surface area contributed by atoms with Gasteiger partial charge in [0, 0.05) is 17.2 Å². The highest BCUT2D eigenvalue weighted by Gasteiger charge is 2.06. The van der Waals surface area contributed by atoms with E-state index in [1.807, 2.05) is 6.07 Å². The molecule has 20 heavy (non-hydrogen) atoms. The topological polar surface area (TPSA) is 81.9 Å². The lowest BCUT2D eigenvalue weighted by molar-refractivity contribution is 0.0955. The number of hydrazone groups is 1.